The molecule has 0 aliphatic heterocycles. The summed E-state index contributed by atoms with van der Waals surface area (Å²) >= 11 is 3.18. The third-order valence-corrected chi connectivity index (χ3v) is 3.86. The molecule has 0 radical (unpaired) electrons. The SMILES string of the molecule is Cc1oc(C)c(C(N)c2cccc(Br)c2F)c1C. The largest absolute Gasteiger partial charge is 0.466 e. The molecule has 0 amide bonds. The van der Waals surface area contributed by atoms with E-state index in [2.05, 4.69) is 15.9 Å². The third-order valence-electron chi connectivity index (χ3n) is 3.25. The number of nitrogens with two attached hydrogens (primary N) is 1. The van der Waals surface area contributed by atoms with Gasteiger partial charge in [0.2, 0.25) is 0 Å². The Hall–Kier alpha value is -1.13. The average Bonchev–Trinajstić information content (AvgIpc) is 2.56. The molecule has 0 aliphatic carbocycles. The van der Waals surface area contributed by atoms with Gasteiger partial charge in [-0.2, -0.15) is 0 Å². The molecule has 0 saturated heterocycles. The molecule has 0 saturated carbocycles. The second kappa shape index (κ2) is 4.86. The van der Waals surface area contributed by atoms with Gasteiger partial charge in [0.15, 0.2) is 0 Å². The highest BCUT2D eigenvalue weighted by Gasteiger charge is 2.22. The molecule has 1 unspecified atom stereocenters. The summed E-state index contributed by atoms with van der Waals surface area (Å²) in [5, 5.41) is 0. The quantitative estimate of drug-likeness (QED) is 0.904. The summed E-state index contributed by atoms with van der Waals surface area (Å²) < 4.78 is 20.0. The molecular formula is C14H15BrFNO. The summed E-state index contributed by atoms with van der Waals surface area (Å²) in [4.78, 5) is 0. The fraction of sp³-hybridized carbons (Fsp3) is 0.286. The molecule has 1 aromatic heterocycles. The van der Waals surface area contributed by atoms with Crippen molar-refractivity contribution in [2.45, 2.75) is 26.8 Å². The lowest BCUT2D eigenvalue weighted by Gasteiger charge is -2.14. The van der Waals surface area contributed by atoms with Crippen LogP contribution in [-0.2, 0) is 0 Å². The van der Waals surface area contributed by atoms with E-state index in [1.54, 1.807) is 18.2 Å². The van der Waals surface area contributed by atoms with Crippen LogP contribution < -0.4 is 5.73 Å². The first-order valence-electron chi connectivity index (χ1n) is 5.69. The van der Waals surface area contributed by atoms with E-state index >= 15 is 0 Å². The van der Waals surface area contributed by atoms with Gasteiger partial charge in [-0.25, -0.2) is 4.39 Å². The standard InChI is InChI=1S/C14H15BrFNO/c1-7-8(2)18-9(3)12(7)14(17)10-5-4-6-11(15)13(10)16/h4-6,14H,17H2,1-3H3. The van der Waals surface area contributed by atoms with Crippen LogP contribution in [-0.4, -0.2) is 0 Å². The van der Waals surface area contributed by atoms with E-state index in [4.69, 9.17) is 10.2 Å². The van der Waals surface area contributed by atoms with Crippen LogP contribution in [0.15, 0.2) is 27.1 Å². The van der Waals surface area contributed by atoms with Crippen LogP contribution in [0.5, 0.6) is 0 Å². The average molecular weight is 312 g/mol. The van der Waals surface area contributed by atoms with Crippen molar-refractivity contribution in [3.8, 4) is 0 Å². The maximum Gasteiger partial charge on any atom is 0.142 e. The van der Waals surface area contributed by atoms with Gasteiger partial charge >= 0.3 is 0 Å². The van der Waals surface area contributed by atoms with Crippen molar-refractivity contribution < 1.29 is 8.81 Å². The summed E-state index contributed by atoms with van der Waals surface area (Å²) in [5.41, 5.74) is 8.50. The maximum atomic E-state index is 14.1. The minimum Gasteiger partial charge on any atom is -0.466 e. The number of rotatable bonds is 2. The number of hydrogen-bond acceptors (Lipinski definition) is 2. The van der Waals surface area contributed by atoms with Gasteiger partial charge in [-0.15, -0.1) is 0 Å². The second-order valence-corrected chi connectivity index (χ2v) is 5.23. The lowest BCUT2D eigenvalue weighted by molar-refractivity contribution is 0.497. The molecule has 18 heavy (non-hydrogen) atoms. The first-order chi connectivity index (χ1) is 8.43. The van der Waals surface area contributed by atoms with Gasteiger partial charge in [0.25, 0.3) is 0 Å². The first-order valence-corrected chi connectivity index (χ1v) is 6.48. The molecule has 2 nitrogen and oxygen atoms in total. The minimum atomic E-state index is -0.514. The fourth-order valence-electron chi connectivity index (χ4n) is 2.18. The Morgan fingerprint density at radius 3 is 2.44 bits per heavy atom. The second-order valence-electron chi connectivity index (χ2n) is 4.37. The van der Waals surface area contributed by atoms with Crippen LogP contribution >= 0.6 is 15.9 Å². The topological polar surface area (TPSA) is 39.2 Å². The number of benzene rings is 1. The van der Waals surface area contributed by atoms with Gasteiger partial charge in [0, 0.05) is 11.1 Å². The molecule has 1 atom stereocenters. The van der Waals surface area contributed by atoms with Crippen molar-refractivity contribution in [2.24, 2.45) is 5.73 Å². The summed E-state index contributed by atoms with van der Waals surface area (Å²) in [7, 11) is 0. The molecule has 96 valence electrons. The Morgan fingerprint density at radius 2 is 1.89 bits per heavy atom. The van der Waals surface area contributed by atoms with E-state index < -0.39 is 6.04 Å². The maximum absolute atomic E-state index is 14.1. The predicted molar refractivity (Wildman–Crippen MR) is 73.0 cm³/mol. The highest BCUT2D eigenvalue weighted by Crippen LogP contribution is 2.32. The Labute approximate surface area is 114 Å². The van der Waals surface area contributed by atoms with Crippen LogP contribution in [0, 0.1) is 26.6 Å². The number of halogens is 2. The van der Waals surface area contributed by atoms with Crippen molar-refractivity contribution in [3.05, 3.63) is 56.7 Å². The molecule has 0 aliphatic rings. The van der Waals surface area contributed by atoms with E-state index in [0.29, 0.717) is 10.0 Å². The molecule has 2 N–H and O–H groups in total. The van der Waals surface area contributed by atoms with Crippen LogP contribution in [0.4, 0.5) is 4.39 Å². The first kappa shape index (κ1) is 13.3. The molecular weight excluding hydrogens is 297 g/mol. The van der Waals surface area contributed by atoms with E-state index in [-0.39, 0.29) is 5.82 Å². The Morgan fingerprint density at radius 1 is 1.22 bits per heavy atom. The van der Waals surface area contributed by atoms with E-state index in [0.717, 1.165) is 22.6 Å². The summed E-state index contributed by atoms with van der Waals surface area (Å²) in [6, 6.07) is 4.62. The van der Waals surface area contributed by atoms with Gasteiger partial charge < -0.3 is 10.2 Å². The lowest BCUT2D eigenvalue weighted by Crippen LogP contribution is -2.15. The van der Waals surface area contributed by atoms with Crippen LogP contribution in [0.25, 0.3) is 0 Å². The van der Waals surface area contributed by atoms with Crippen molar-refractivity contribution in [1.29, 1.82) is 0 Å². The molecule has 0 fully saturated rings. The molecule has 0 spiro atoms. The number of aryl methyl sites for hydroxylation is 2. The third kappa shape index (κ3) is 2.10. The normalized spacial score (nSPS) is 12.8. The van der Waals surface area contributed by atoms with Gasteiger partial charge in [-0.05, 0) is 48.3 Å². The van der Waals surface area contributed by atoms with Crippen molar-refractivity contribution in [2.75, 3.05) is 0 Å². The zero-order valence-electron chi connectivity index (χ0n) is 10.6. The Kier molecular flexibility index (Phi) is 3.59. The van der Waals surface area contributed by atoms with Crippen LogP contribution in [0.2, 0.25) is 0 Å². The predicted octanol–water partition coefficient (Wildman–Crippen LogP) is 4.15. The summed E-state index contributed by atoms with van der Waals surface area (Å²) in [6.07, 6.45) is 0. The van der Waals surface area contributed by atoms with Gasteiger partial charge in [0.05, 0.1) is 10.5 Å². The Balaban J connectivity index is 2.54. The highest BCUT2D eigenvalue weighted by molar-refractivity contribution is 9.10. The zero-order valence-corrected chi connectivity index (χ0v) is 12.1. The van der Waals surface area contributed by atoms with E-state index in [1.165, 1.54) is 0 Å². The Bertz CT molecular complexity index is 592. The van der Waals surface area contributed by atoms with Crippen molar-refractivity contribution in [1.82, 2.24) is 0 Å². The number of furan rings is 1. The number of hydrogen-bond donors (Lipinski definition) is 1. The van der Waals surface area contributed by atoms with Gasteiger partial charge in [-0.1, -0.05) is 12.1 Å². The smallest absolute Gasteiger partial charge is 0.142 e. The molecule has 0 bridgehead atoms. The van der Waals surface area contributed by atoms with Crippen molar-refractivity contribution in [3.63, 3.8) is 0 Å². The molecule has 2 rings (SSSR count). The summed E-state index contributed by atoms with van der Waals surface area (Å²) in [6.45, 7) is 5.68. The van der Waals surface area contributed by atoms with Gasteiger partial charge in [-0.3, -0.25) is 0 Å². The van der Waals surface area contributed by atoms with E-state index in [9.17, 15) is 4.39 Å². The molecule has 1 heterocycles. The minimum absolute atomic E-state index is 0.317. The van der Waals surface area contributed by atoms with Crippen LogP contribution in [0.1, 0.15) is 34.3 Å². The zero-order chi connectivity index (χ0) is 13.4. The molecule has 2 aromatic rings. The van der Waals surface area contributed by atoms with Crippen molar-refractivity contribution >= 4 is 15.9 Å². The van der Waals surface area contributed by atoms with Crippen LogP contribution in [0.3, 0.4) is 0 Å². The van der Waals surface area contributed by atoms with E-state index in [1.807, 2.05) is 20.8 Å². The molecule has 4 heteroatoms. The van der Waals surface area contributed by atoms with Gasteiger partial charge in [0.1, 0.15) is 17.3 Å². The lowest BCUT2D eigenvalue weighted by atomic mass is 9.96. The monoisotopic (exact) mass is 311 g/mol. The molecule has 1 aromatic carbocycles. The summed E-state index contributed by atoms with van der Waals surface area (Å²) in [5.74, 6) is 1.26. The fourth-order valence-corrected chi connectivity index (χ4v) is 2.56. The highest BCUT2D eigenvalue weighted by atomic mass is 79.9.